The monoisotopic (exact) mass is 468 g/mol. The number of fused-ring (bicyclic) bond motifs is 1. The molecule has 178 valence electrons. The zero-order chi connectivity index (χ0) is 24.2. The molecule has 1 aliphatic heterocycles. The van der Waals surface area contributed by atoms with Crippen LogP contribution >= 0.6 is 0 Å². The van der Waals surface area contributed by atoms with Crippen LogP contribution in [0.15, 0.2) is 73.1 Å². The molecule has 4 aromatic rings. The minimum Gasteiger partial charge on any atom is -0.495 e. The summed E-state index contributed by atoms with van der Waals surface area (Å²) in [6, 6.07) is 21.0. The topological polar surface area (TPSA) is 60.9 Å². The first-order chi connectivity index (χ1) is 17.2. The van der Waals surface area contributed by atoms with Gasteiger partial charge in [0.25, 0.3) is 0 Å². The maximum atomic E-state index is 12.6. The lowest BCUT2D eigenvalue weighted by molar-refractivity contribution is 0.0342. The van der Waals surface area contributed by atoms with Crippen LogP contribution in [0.3, 0.4) is 0 Å². The molecule has 3 aromatic carbocycles. The Hall–Kier alpha value is -3.74. The lowest BCUT2D eigenvalue weighted by Gasteiger charge is -2.26. The molecule has 1 saturated heterocycles. The summed E-state index contributed by atoms with van der Waals surface area (Å²) in [7, 11) is 2.94. The summed E-state index contributed by atoms with van der Waals surface area (Å²) in [4.78, 5) is 19.2. The zero-order valence-corrected chi connectivity index (χ0v) is 20.0. The maximum Gasteiger partial charge on any atom is 0.342 e. The molecule has 0 atom stereocenters. The van der Waals surface area contributed by atoms with E-state index < -0.39 is 5.97 Å². The molecule has 0 saturated carbocycles. The Balaban J connectivity index is 1.44. The molecular formula is C29H28N2O4. The van der Waals surface area contributed by atoms with Gasteiger partial charge in [0, 0.05) is 43.0 Å². The van der Waals surface area contributed by atoms with E-state index in [1.807, 2.05) is 12.1 Å². The first-order valence-corrected chi connectivity index (χ1v) is 11.7. The summed E-state index contributed by atoms with van der Waals surface area (Å²) >= 11 is 0. The molecule has 0 aliphatic carbocycles. The van der Waals surface area contributed by atoms with Crippen molar-refractivity contribution in [2.75, 3.05) is 40.5 Å². The van der Waals surface area contributed by atoms with Crippen LogP contribution in [0.1, 0.15) is 15.9 Å². The van der Waals surface area contributed by atoms with Crippen LogP contribution in [-0.2, 0) is 16.0 Å². The van der Waals surface area contributed by atoms with E-state index in [-0.39, 0.29) is 0 Å². The highest BCUT2D eigenvalue weighted by molar-refractivity contribution is 6.09. The average Bonchev–Trinajstić information content (AvgIpc) is 2.92. The van der Waals surface area contributed by atoms with E-state index in [0.717, 1.165) is 60.5 Å². The molecule has 5 rings (SSSR count). The standard InChI is InChI=1S/C29H28N2O4/c1-33-28-25(17-24-11-12-30-18-26(24)27(28)29(32)34-2)23-9-7-22(8-10-23)21-5-3-20(4-6-21)19-31-13-15-35-16-14-31/h3-12,17-18H,13-16,19H2,1-2H3. The number of methoxy groups -OCH3 is 2. The Kier molecular flexibility index (Phi) is 6.75. The van der Waals surface area contributed by atoms with Gasteiger partial charge in [-0.2, -0.15) is 0 Å². The van der Waals surface area contributed by atoms with Crippen molar-refractivity contribution < 1.29 is 19.0 Å². The molecule has 0 spiro atoms. The van der Waals surface area contributed by atoms with Crippen molar-refractivity contribution in [3.8, 4) is 28.0 Å². The second-order valence-electron chi connectivity index (χ2n) is 8.58. The van der Waals surface area contributed by atoms with Crippen LogP contribution in [0, 0.1) is 0 Å². The Labute approximate surface area is 205 Å². The molecule has 35 heavy (non-hydrogen) atoms. The van der Waals surface area contributed by atoms with Crippen molar-refractivity contribution in [3.63, 3.8) is 0 Å². The molecule has 0 radical (unpaired) electrons. The molecular weight excluding hydrogens is 440 g/mol. The van der Waals surface area contributed by atoms with E-state index in [2.05, 4.69) is 58.4 Å². The largest absolute Gasteiger partial charge is 0.495 e. The number of carbonyl (C=O) groups is 1. The Morgan fingerprint density at radius 3 is 2.26 bits per heavy atom. The average molecular weight is 469 g/mol. The number of rotatable bonds is 6. The SMILES string of the molecule is COC(=O)c1c(OC)c(-c2ccc(-c3ccc(CN4CCOCC4)cc3)cc2)cc2ccncc12. The van der Waals surface area contributed by atoms with Crippen molar-refractivity contribution in [1.82, 2.24) is 9.88 Å². The zero-order valence-electron chi connectivity index (χ0n) is 20.0. The van der Waals surface area contributed by atoms with Gasteiger partial charge in [-0.25, -0.2) is 4.79 Å². The second kappa shape index (κ2) is 10.3. The molecule has 0 N–H and O–H groups in total. The molecule has 1 aliphatic rings. The van der Waals surface area contributed by atoms with E-state index in [0.29, 0.717) is 16.7 Å². The predicted octanol–water partition coefficient (Wildman–Crippen LogP) is 5.20. The first-order valence-electron chi connectivity index (χ1n) is 11.7. The van der Waals surface area contributed by atoms with Crippen LogP contribution in [0.5, 0.6) is 5.75 Å². The highest BCUT2D eigenvalue weighted by Gasteiger charge is 2.22. The Bertz CT molecular complexity index is 1330. The smallest absolute Gasteiger partial charge is 0.342 e. The highest BCUT2D eigenvalue weighted by atomic mass is 16.5. The van der Waals surface area contributed by atoms with Gasteiger partial charge in [0.15, 0.2) is 0 Å². The van der Waals surface area contributed by atoms with E-state index >= 15 is 0 Å². The minimum atomic E-state index is -0.449. The van der Waals surface area contributed by atoms with Gasteiger partial charge in [-0.15, -0.1) is 0 Å². The van der Waals surface area contributed by atoms with Gasteiger partial charge in [0.1, 0.15) is 11.3 Å². The van der Waals surface area contributed by atoms with Crippen LogP contribution in [0.2, 0.25) is 0 Å². The third-order valence-electron chi connectivity index (χ3n) is 6.48. The van der Waals surface area contributed by atoms with Gasteiger partial charge in [0.2, 0.25) is 0 Å². The molecule has 6 heteroatoms. The summed E-state index contributed by atoms with van der Waals surface area (Å²) < 4.78 is 16.2. The summed E-state index contributed by atoms with van der Waals surface area (Å²) in [5.41, 5.74) is 5.77. The minimum absolute atomic E-state index is 0.385. The lowest BCUT2D eigenvalue weighted by atomic mass is 9.94. The molecule has 2 heterocycles. The summed E-state index contributed by atoms with van der Waals surface area (Å²) in [6.07, 6.45) is 3.38. The fraction of sp³-hybridized carbons (Fsp3) is 0.241. The number of pyridine rings is 1. The summed E-state index contributed by atoms with van der Waals surface area (Å²) in [5.74, 6) is 0.0352. The molecule has 0 bridgehead atoms. The molecule has 0 unspecified atom stereocenters. The number of hydrogen-bond acceptors (Lipinski definition) is 6. The summed E-state index contributed by atoms with van der Waals surface area (Å²) in [6.45, 7) is 4.53. The normalized spacial score (nSPS) is 14.1. The van der Waals surface area contributed by atoms with Gasteiger partial charge in [-0.3, -0.25) is 9.88 Å². The highest BCUT2D eigenvalue weighted by Crippen LogP contribution is 2.39. The van der Waals surface area contributed by atoms with Crippen molar-refractivity contribution in [2.24, 2.45) is 0 Å². The van der Waals surface area contributed by atoms with Gasteiger partial charge in [-0.05, 0) is 39.8 Å². The van der Waals surface area contributed by atoms with E-state index in [4.69, 9.17) is 14.2 Å². The number of carbonyl (C=O) groups excluding carboxylic acids is 1. The van der Waals surface area contributed by atoms with Crippen molar-refractivity contribution >= 4 is 16.7 Å². The Morgan fingerprint density at radius 2 is 1.60 bits per heavy atom. The van der Waals surface area contributed by atoms with E-state index in [1.54, 1.807) is 19.5 Å². The fourth-order valence-electron chi connectivity index (χ4n) is 4.61. The van der Waals surface area contributed by atoms with Crippen LogP contribution in [0.25, 0.3) is 33.0 Å². The Morgan fingerprint density at radius 1 is 0.943 bits per heavy atom. The number of nitrogens with zero attached hydrogens (tertiary/aromatic N) is 2. The second-order valence-corrected chi connectivity index (χ2v) is 8.58. The first kappa shape index (κ1) is 23.0. The third kappa shape index (κ3) is 4.76. The molecule has 1 aromatic heterocycles. The predicted molar refractivity (Wildman–Crippen MR) is 137 cm³/mol. The van der Waals surface area contributed by atoms with Crippen molar-refractivity contribution in [1.29, 1.82) is 0 Å². The maximum absolute atomic E-state index is 12.6. The van der Waals surface area contributed by atoms with Gasteiger partial charge in [-0.1, -0.05) is 48.5 Å². The summed E-state index contributed by atoms with van der Waals surface area (Å²) in [5, 5.41) is 1.60. The van der Waals surface area contributed by atoms with Gasteiger partial charge < -0.3 is 14.2 Å². The van der Waals surface area contributed by atoms with Crippen molar-refractivity contribution in [3.05, 3.63) is 84.2 Å². The van der Waals surface area contributed by atoms with E-state index in [1.165, 1.54) is 12.7 Å². The lowest BCUT2D eigenvalue weighted by Crippen LogP contribution is -2.35. The molecule has 6 nitrogen and oxygen atoms in total. The number of hydrogen-bond donors (Lipinski definition) is 0. The van der Waals surface area contributed by atoms with Gasteiger partial charge in [0.05, 0.1) is 27.4 Å². The van der Waals surface area contributed by atoms with Gasteiger partial charge >= 0.3 is 5.97 Å². The van der Waals surface area contributed by atoms with Crippen LogP contribution in [0.4, 0.5) is 0 Å². The quantitative estimate of drug-likeness (QED) is 0.363. The number of benzene rings is 3. The molecule has 0 amide bonds. The number of ether oxygens (including phenoxy) is 3. The molecule has 1 fully saturated rings. The number of esters is 1. The number of morpholine rings is 1. The van der Waals surface area contributed by atoms with Crippen molar-refractivity contribution in [2.45, 2.75) is 6.54 Å². The van der Waals surface area contributed by atoms with E-state index in [9.17, 15) is 4.79 Å². The fourth-order valence-corrected chi connectivity index (χ4v) is 4.61. The van der Waals surface area contributed by atoms with Crippen LogP contribution in [-0.4, -0.2) is 56.4 Å². The third-order valence-corrected chi connectivity index (χ3v) is 6.48. The van der Waals surface area contributed by atoms with Crippen LogP contribution < -0.4 is 4.74 Å². The number of aromatic nitrogens is 1.